The summed E-state index contributed by atoms with van der Waals surface area (Å²) < 4.78 is 5.79. The summed E-state index contributed by atoms with van der Waals surface area (Å²) in [5.74, 6) is 0.540. The van der Waals surface area contributed by atoms with Crippen LogP contribution in [0.4, 0.5) is 5.69 Å². The number of anilines is 1. The number of allylic oxidation sites excluding steroid dienone is 3. The zero-order valence-electron chi connectivity index (χ0n) is 20.7. The molecule has 39 heavy (non-hydrogen) atoms. The smallest absolute Gasteiger partial charge is 0.234 e. The van der Waals surface area contributed by atoms with E-state index in [2.05, 4.69) is 16.7 Å². The molecule has 6 nitrogen and oxygen atoms in total. The molecule has 0 aromatic heterocycles. The number of nitrogens with one attached hydrogen (secondary N) is 2. The van der Waals surface area contributed by atoms with Gasteiger partial charge in [-0.25, -0.2) is 0 Å². The van der Waals surface area contributed by atoms with Gasteiger partial charge in [-0.05, 0) is 60.9 Å². The summed E-state index contributed by atoms with van der Waals surface area (Å²) >= 11 is 14.1. The highest BCUT2D eigenvalue weighted by atomic mass is 35.5. The minimum atomic E-state index is -0.645. The fourth-order valence-corrected chi connectivity index (χ4v) is 5.94. The lowest BCUT2D eigenvalue weighted by molar-refractivity contribution is -0.116. The molecule has 5 rings (SSSR count). The average Bonchev–Trinajstić information content (AvgIpc) is 2.94. The van der Waals surface area contributed by atoms with Crippen LogP contribution in [-0.2, 0) is 9.59 Å². The van der Waals surface area contributed by atoms with Crippen LogP contribution in [0.15, 0.2) is 94.7 Å². The van der Waals surface area contributed by atoms with E-state index in [1.807, 2.05) is 30.3 Å². The number of hydrogen-bond donors (Lipinski definition) is 2. The van der Waals surface area contributed by atoms with Crippen LogP contribution in [0.2, 0.25) is 10.0 Å². The van der Waals surface area contributed by atoms with Crippen molar-refractivity contribution < 1.29 is 14.3 Å². The number of ether oxygens (including phenoxy) is 1. The largest absolute Gasteiger partial charge is 0.457 e. The Hall–Kier alpha value is -3.70. The van der Waals surface area contributed by atoms with Gasteiger partial charge in [-0.1, -0.05) is 65.3 Å². The van der Waals surface area contributed by atoms with Crippen molar-refractivity contribution in [3.05, 3.63) is 110 Å². The molecule has 0 saturated carbocycles. The number of carbonyl (C=O) groups is 2. The van der Waals surface area contributed by atoms with E-state index >= 15 is 0 Å². The molecular weight excluding hydrogens is 553 g/mol. The van der Waals surface area contributed by atoms with Gasteiger partial charge in [0.15, 0.2) is 5.78 Å². The molecule has 3 aromatic carbocycles. The van der Waals surface area contributed by atoms with Gasteiger partial charge in [0, 0.05) is 23.4 Å². The number of amides is 1. The predicted molar refractivity (Wildman–Crippen MR) is 155 cm³/mol. The highest BCUT2D eigenvalue weighted by molar-refractivity contribution is 8.03. The number of nitrogens with zero attached hydrogens (tertiary/aromatic N) is 1. The van der Waals surface area contributed by atoms with Gasteiger partial charge in [-0.3, -0.25) is 9.59 Å². The molecule has 196 valence electrons. The molecule has 2 aliphatic rings. The van der Waals surface area contributed by atoms with Gasteiger partial charge in [-0.2, -0.15) is 5.26 Å². The summed E-state index contributed by atoms with van der Waals surface area (Å²) in [4.78, 5) is 25.8. The van der Waals surface area contributed by atoms with Gasteiger partial charge in [0.05, 0.1) is 38.4 Å². The number of Topliss-reactive ketones (excluding diaryl/α,β-unsaturated/α-hetero) is 1. The van der Waals surface area contributed by atoms with Crippen LogP contribution in [0, 0.1) is 11.3 Å². The molecule has 0 fully saturated rings. The van der Waals surface area contributed by atoms with E-state index in [0.29, 0.717) is 62.5 Å². The predicted octanol–water partition coefficient (Wildman–Crippen LogP) is 7.59. The van der Waals surface area contributed by atoms with Gasteiger partial charge >= 0.3 is 0 Å². The van der Waals surface area contributed by atoms with E-state index in [-0.39, 0.29) is 17.4 Å². The number of hydrogen-bond acceptors (Lipinski definition) is 6. The maximum Gasteiger partial charge on any atom is 0.234 e. The highest BCUT2D eigenvalue weighted by Crippen LogP contribution is 2.46. The van der Waals surface area contributed by atoms with E-state index in [0.717, 1.165) is 11.4 Å². The zero-order valence-corrected chi connectivity index (χ0v) is 23.0. The van der Waals surface area contributed by atoms with Crippen molar-refractivity contribution in [1.29, 1.82) is 5.26 Å². The monoisotopic (exact) mass is 575 g/mol. The van der Waals surface area contributed by atoms with Crippen LogP contribution in [0.3, 0.4) is 0 Å². The molecule has 0 spiro atoms. The quantitative estimate of drug-likeness (QED) is 0.301. The third-order valence-corrected chi connectivity index (χ3v) is 8.27. The molecule has 1 aliphatic carbocycles. The molecule has 2 N–H and O–H groups in total. The molecule has 1 atom stereocenters. The Morgan fingerprint density at radius 2 is 1.77 bits per heavy atom. The second kappa shape index (κ2) is 12.0. The second-order valence-corrected chi connectivity index (χ2v) is 10.8. The van der Waals surface area contributed by atoms with Gasteiger partial charge in [-0.15, -0.1) is 0 Å². The summed E-state index contributed by atoms with van der Waals surface area (Å²) in [6, 6.07) is 24.0. The normalized spacial score (nSPS) is 16.7. The molecule has 3 aromatic rings. The van der Waals surface area contributed by atoms with E-state index in [9.17, 15) is 14.9 Å². The Bertz CT molecular complexity index is 1530. The van der Waals surface area contributed by atoms with Crippen LogP contribution < -0.4 is 15.4 Å². The van der Waals surface area contributed by atoms with Crippen molar-refractivity contribution in [3.8, 4) is 17.6 Å². The molecule has 0 bridgehead atoms. The molecular formula is C30H23Cl2N3O3S. The number of halogens is 2. The summed E-state index contributed by atoms with van der Waals surface area (Å²) in [6.07, 6.45) is 1.79. The van der Waals surface area contributed by atoms with E-state index in [1.165, 1.54) is 11.8 Å². The SMILES string of the molecule is N#CC1=C(SCC(=O)Nc2ccc(Oc3ccccc3)cc2)NC2=C(C(=O)CCC2)[C@H]1c1cccc(Cl)c1Cl. The first-order valence-electron chi connectivity index (χ1n) is 12.3. The Morgan fingerprint density at radius 3 is 2.51 bits per heavy atom. The number of dihydropyridines is 1. The summed E-state index contributed by atoms with van der Waals surface area (Å²) in [7, 11) is 0. The Morgan fingerprint density at radius 1 is 1.03 bits per heavy atom. The number of para-hydroxylation sites is 1. The van der Waals surface area contributed by atoms with E-state index < -0.39 is 5.92 Å². The number of benzene rings is 3. The van der Waals surface area contributed by atoms with Crippen molar-refractivity contribution >= 4 is 52.3 Å². The fourth-order valence-electron chi connectivity index (χ4n) is 4.66. The lowest BCUT2D eigenvalue weighted by Gasteiger charge is -2.33. The molecule has 1 amide bonds. The number of thioether (sulfide) groups is 1. The van der Waals surface area contributed by atoms with Crippen LogP contribution in [0.5, 0.6) is 11.5 Å². The van der Waals surface area contributed by atoms with Crippen molar-refractivity contribution in [2.45, 2.75) is 25.2 Å². The number of carbonyl (C=O) groups excluding carboxylic acids is 2. The van der Waals surface area contributed by atoms with Gasteiger partial charge in [0.1, 0.15) is 11.5 Å². The van der Waals surface area contributed by atoms with Crippen molar-refractivity contribution in [1.82, 2.24) is 5.32 Å². The average molecular weight is 577 g/mol. The summed E-state index contributed by atoms with van der Waals surface area (Å²) in [5.41, 5.74) is 2.88. The molecule has 0 unspecified atom stereocenters. The third kappa shape index (κ3) is 5.99. The Kier molecular flexibility index (Phi) is 8.27. The topological polar surface area (TPSA) is 91.2 Å². The summed E-state index contributed by atoms with van der Waals surface area (Å²) in [5, 5.41) is 17.5. The molecule has 0 radical (unpaired) electrons. The minimum absolute atomic E-state index is 0.0148. The maximum atomic E-state index is 13.0. The van der Waals surface area contributed by atoms with Gasteiger partial charge < -0.3 is 15.4 Å². The van der Waals surface area contributed by atoms with Crippen LogP contribution in [0.25, 0.3) is 0 Å². The van der Waals surface area contributed by atoms with Crippen molar-refractivity contribution in [3.63, 3.8) is 0 Å². The molecule has 1 heterocycles. The van der Waals surface area contributed by atoms with Crippen molar-refractivity contribution in [2.75, 3.05) is 11.1 Å². The zero-order chi connectivity index (χ0) is 27.4. The Labute approximate surface area is 240 Å². The first kappa shape index (κ1) is 26.9. The van der Waals surface area contributed by atoms with Gasteiger partial charge in [0.25, 0.3) is 0 Å². The van der Waals surface area contributed by atoms with Crippen molar-refractivity contribution in [2.24, 2.45) is 0 Å². The first-order valence-corrected chi connectivity index (χ1v) is 14.1. The maximum absolute atomic E-state index is 13.0. The van der Waals surface area contributed by atoms with E-state index in [4.69, 9.17) is 27.9 Å². The number of nitriles is 1. The summed E-state index contributed by atoms with van der Waals surface area (Å²) in [6.45, 7) is 0. The minimum Gasteiger partial charge on any atom is -0.457 e. The molecule has 0 saturated heterocycles. The number of rotatable bonds is 7. The van der Waals surface area contributed by atoms with Crippen LogP contribution in [-0.4, -0.2) is 17.4 Å². The molecule has 1 aliphatic heterocycles. The standard InChI is InChI=1S/C30H23Cl2N3O3S/c31-23-9-4-8-21(29(23)32)27-22(16-33)30(35-24-10-5-11-25(36)28(24)27)39-17-26(37)34-18-12-14-20(15-13-18)38-19-6-2-1-3-7-19/h1-4,6-9,12-15,27,35H,5,10-11,17H2,(H,34,37)/t27-/m0/s1. The lowest BCUT2D eigenvalue weighted by atomic mass is 9.77. The molecule has 9 heteroatoms. The van der Waals surface area contributed by atoms with Crippen LogP contribution >= 0.6 is 35.0 Å². The van der Waals surface area contributed by atoms with Crippen LogP contribution in [0.1, 0.15) is 30.7 Å². The highest BCUT2D eigenvalue weighted by Gasteiger charge is 2.38. The number of ketones is 1. The third-order valence-electron chi connectivity index (χ3n) is 6.42. The van der Waals surface area contributed by atoms with E-state index in [1.54, 1.807) is 42.5 Å². The fraction of sp³-hybridized carbons (Fsp3) is 0.167. The van der Waals surface area contributed by atoms with Gasteiger partial charge in [0.2, 0.25) is 5.91 Å². The second-order valence-electron chi connectivity index (χ2n) is 9.00. The lowest BCUT2D eigenvalue weighted by Crippen LogP contribution is -2.32. The Balaban J connectivity index is 1.32. The first-order chi connectivity index (χ1) is 18.9.